The number of hydrogen-bond donors (Lipinski definition) is 0. The fraction of sp³-hybridized carbons (Fsp3) is 0.870. The minimum Gasteiger partial charge on any atom is -0.469 e. The van der Waals surface area contributed by atoms with Crippen LogP contribution in [0.4, 0.5) is 0 Å². The molecule has 0 radical (unpaired) electrons. The normalized spacial score (nSPS) is 12.8. The molecule has 29 heavy (non-hydrogen) atoms. The van der Waals surface area contributed by atoms with Gasteiger partial charge in [-0.05, 0) is 25.7 Å². The molecule has 0 saturated heterocycles. The van der Waals surface area contributed by atoms with E-state index in [0.29, 0.717) is 6.42 Å². The Morgan fingerprint density at radius 3 is 1.52 bits per heavy atom. The SMILES string of the molecule is COC(=O)CCCCCCCCC(CCCCCCC(C)C(=O)OC)C(=O)OC. The molecule has 0 heterocycles. The maximum atomic E-state index is 12.0. The molecule has 0 rings (SSSR count). The molecule has 2 atom stereocenters. The molecule has 0 aromatic carbocycles. The van der Waals surface area contributed by atoms with Crippen molar-refractivity contribution in [3.63, 3.8) is 0 Å². The molecule has 0 bridgehead atoms. The number of hydrogen-bond acceptors (Lipinski definition) is 6. The first-order chi connectivity index (χ1) is 14.0. The van der Waals surface area contributed by atoms with Crippen LogP contribution in [-0.4, -0.2) is 39.2 Å². The average molecular weight is 415 g/mol. The van der Waals surface area contributed by atoms with Crippen LogP contribution in [-0.2, 0) is 28.6 Å². The minimum absolute atomic E-state index is 0.00619. The number of carbonyl (C=O) groups is 3. The molecule has 6 heteroatoms. The third-order valence-corrected chi connectivity index (χ3v) is 5.49. The Morgan fingerprint density at radius 2 is 1.03 bits per heavy atom. The zero-order valence-electron chi connectivity index (χ0n) is 19.0. The first-order valence-electron chi connectivity index (χ1n) is 11.2. The largest absolute Gasteiger partial charge is 0.469 e. The lowest BCUT2D eigenvalue weighted by molar-refractivity contribution is -0.146. The van der Waals surface area contributed by atoms with Gasteiger partial charge >= 0.3 is 17.9 Å². The second kappa shape index (κ2) is 18.4. The molecule has 0 aliphatic carbocycles. The highest BCUT2D eigenvalue weighted by atomic mass is 16.5. The van der Waals surface area contributed by atoms with Gasteiger partial charge in [0.05, 0.1) is 33.2 Å². The summed E-state index contributed by atoms with van der Waals surface area (Å²) in [6.45, 7) is 1.90. The lowest BCUT2D eigenvalue weighted by Crippen LogP contribution is -2.16. The van der Waals surface area contributed by atoms with Gasteiger partial charge in [-0.25, -0.2) is 0 Å². The van der Waals surface area contributed by atoms with Gasteiger partial charge in [-0.15, -0.1) is 0 Å². The van der Waals surface area contributed by atoms with Gasteiger partial charge in [-0.1, -0.05) is 64.7 Å². The van der Waals surface area contributed by atoms with Gasteiger partial charge in [-0.2, -0.15) is 0 Å². The predicted molar refractivity (Wildman–Crippen MR) is 113 cm³/mol. The van der Waals surface area contributed by atoms with Crippen LogP contribution in [0.25, 0.3) is 0 Å². The van der Waals surface area contributed by atoms with E-state index >= 15 is 0 Å². The van der Waals surface area contributed by atoms with Crippen LogP contribution in [0.15, 0.2) is 0 Å². The van der Waals surface area contributed by atoms with Gasteiger partial charge < -0.3 is 14.2 Å². The molecule has 0 aromatic rings. The predicted octanol–water partition coefficient (Wildman–Crippen LogP) is 5.22. The summed E-state index contributed by atoms with van der Waals surface area (Å²) in [4.78, 5) is 34.4. The lowest BCUT2D eigenvalue weighted by atomic mass is 9.94. The maximum absolute atomic E-state index is 12.0. The standard InChI is InChI=1S/C23H42O6/c1-19(22(25)28-3)15-11-9-10-13-17-20(23(26)29-4)16-12-7-5-6-8-14-18-21(24)27-2/h19-20H,5-18H2,1-4H3. The van der Waals surface area contributed by atoms with Crippen LogP contribution in [0.1, 0.15) is 96.8 Å². The number of carbonyl (C=O) groups excluding carboxylic acids is 3. The zero-order valence-corrected chi connectivity index (χ0v) is 19.0. The number of unbranched alkanes of at least 4 members (excludes halogenated alkanes) is 8. The minimum atomic E-state index is -0.140. The molecule has 0 aliphatic heterocycles. The summed E-state index contributed by atoms with van der Waals surface area (Å²) in [5.74, 6) is -0.415. The molecular formula is C23H42O6. The molecule has 0 fully saturated rings. The van der Waals surface area contributed by atoms with Crippen LogP contribution in [0.2, 0.25) is 0 Å². The number of ether oxygens (including phenoxy) is 3. The highest BCUT2D eigenvalue weighted by Crippen LogP contribution is 2.21. The van der Waals surface area contributed by atoms with E-state index in [0.717, 1.165) is 83.5 Å². The van der Waals surface area contributed by atoms with E-state index in [9.17, 15) is 14.4 Å². The zero-order chi connectivity index (χ0) is 21.9. The van der Waals surface area contributed by atoms with E-state index in [1.54, 1.807) is 0 Å². The van der Waals surface area contributed by atoms with Crippen molar-refractivity contribution in [3.8, 4) is 0 Å². The first-order valence-corrected chi connectivity index (χ1v) is 11.2. The van der Waals surface area contributed by atoms with E-state index in [1.165, 1.54) is 21.3 Å². The number of esters is 3. The third-order valence-electron chi connectivity index (χ3n) is 5.49. The van der Waals surface area contributed by atoms with Crippen LogP contribution in [0.5, 0.6) is 0 Å². The summed E-state index contributed by atoms with van der Waals surface area (Å²) in [6, 6.07) is 0. The molecule has 2 unspecified atom stereocenters. The number of rotatable bonds is 18. The fourth-order valence-electron chi connectivity index (χ4n) is 3.53. The summed E-state index contributed by atoms with van der Waals surface area (Å²) in [5.41, 5.74) is 0. The summed E-state index contributed by atoms with van der Waals surface area (Å²) >= 11 is 0. The van der Waals surface area contributed by atoms with Crippen molar-refractivity contribution in [2.45, 2.75) is 96.8 Å². The molecule has 0 N–H and O–H groups in total. The van der Waals surface area contributed by atoms with Gasteiger partial charge in [-0.3, -0.25) is 14.4 Å². The molecule has 0 spiro atoms. The Hall–Kier alpha value is -1.59. The van der Waals surface area contributed by atoms with Crippen molar-refractivity contribution < 1.29 is 28.6 Å². The fourth-order valence-corrected chi connectivity index (χ4v) is 3.53. The second-order valence-corrected chi connectivity index (χ2v) is 7.87. The quantitative estimate of drug-likeness (QED) is 0.174. The Kier molecular flexibility index (Phi) is 17.4. The van der Waals surface area contributed by atoms with Crippen molar-refractivity contribution in [2.75, 3.05) is 21.3 Å². The Labute approximate surface area is 177 Å². The van der Waals surface area contributed by atoms with E-state index < -0.39 is 0 Å². The van der Waals surface area contributed by atoms with Crippen molar-refractivity contribution in [1.82, 2.24) is 0 Å². The second-order valence-electron chi connectivity index (χ2n) is 7.87. The van der Waals surface area contributed by atoms with Crippen molar-refractivity contribution in [1.29, 1.82) is 0 Å². The van der Waals surface area contributed by atoms with E-state index in [4.69, 9.17) is 9.47 Å². The van der Waals surface area contributed by atoms with Gasteiger partial charge in [0.25, 0.3) is 0 Å². The van der Waals surface area contributed by atoms with Crippen molar-refractivity contribution in [3.05, 3.63) is 0 Å². The van der Waals surface area contributed by atoms with E-state index in [1.807, 2.05) is 6.92 Å². The lowest BCUT2D eigenvalue weighted by Gasteiger charge is -2.14. The molecular weight excluding hydrogens is 372 g/mol. The van der Waals surface area contributed by atoms with Gasteiger partial charge in [0, 0.05) is 6.42 Å². The van der Waals surface area contributed by atoms with Crippen LogP contribution < -0.4 is 0 Å². The summed E-state index contributed by atoms with van der Waals surface area (Å²) in [7, 11) is 4.31. The van der Waals surface area contributed by atoms with E-state index in [2.05, 4.69) is 4.74 Å². The Bertz CT molecular complexity index is 449. The Morgan fingerprint density at radius 1 is 0.586 bits per heavy atom. The molecule has 0 aromatic heterocycles. The van der Waals surface area contributed by atoms with Gasteiger partial charge in [0.1, 0.15) is 0 Å². The van der Waals surface area contributed by atoms with Crippen LogP contribution >= 0.6 is 0 Å². The molecule has 0 saturated carbocycles. The molecule has 0 aliphatic rings. The highest BCUT2D eigenvalue weighted by Gasteiger charge is 2.18. The van der Waals surface area contributed by atoms with Crippen LogP contribution in [0.3, 0.4) is 0 Å². The van der Waals surface area contributed by atoms with Crippen molar-refractivity contribution >= 4 is 17.9 Å². The summed E-state index contributed by atoms with van der Waals surface area (Å²) in [6.07, 6.45) is 13.6. The topological polar surface area (TPSA) is 78.9 Å². The van der Waals surface area contributed by atoms with Crippen LogP contribution in [0, 0.1) is 11.8 Å². The molecule has 170 valence electrons. The Balaban J connectivity index is 3.81. The monoisotopic (exact) mass is 414 g/mol. The van der Waals surface area contributed by atoms with E-state index in [-0.39, 0.29) is 29.7 Å². The third kappa shape index (κ3) is 15.0. The summed E-state index contributed by atoms with van der Waals surface area (Å²) < 4.78 is 14.3. The van der Waals surface area contributed by atoms with Gasteiger partial charge in [0.2, 0.25) is 0 Å². The van der Waals surface area contributed by atoms with Crippen molar-refractivity contribution in [2.24, 2.45) is 11.8 Å². The maximum Gasteiger partial charge on any atom is 0.308 e. The number of methoxy groups -OCH3 is 3. The average Bonchev–Trinajstić information content (AvgIpc) is 2.74. The highest BCUT2D eigenvalue weighted by molar-refractivity contribution is 5.72. The molecule has 6 nitrogen and oxygen atoms in total. The molecule has 0 amide bonds. The smallest absolute Gasteiger partial charge is 0.308 e. The van der Waals surface area contributed by atoms with Gasteiger partial charge in [0.15, 0.2) is 0 Å². The first kappa shape index (κ1) is 27.4. The summed E-state index contributed by atoms with van der Waals surface area (Å²) in [5, 5.41) is 0.